The molecule has 0 radical (unpaired) electrons. The van der Waals surface area contributed by atoms with Gasteiger partial charge in [0.15, 0.2) is 0 Å². The lowest BCUT2D eigenvalue weighted by Gasteiger charge is -2.43. The van der Waals surface area contributed by atoms with Gasteiger partial charge in [-0.2, -0.15) is 0 Å². The van der Waals surface area contributed by atoms with Crippen molar-refractivity contribution in [3.63, 3.8) is 0 Å². The van der Waals surface area contributed by atoms with E-state index in [0.29, 0.717) is 19.0 Å². The van der Waals surface area contributed by atoms with E-state index in [4.69, 9.17) is 9.16 Å². The maximum Gasteiger partial charge on any atom is 0.261 e. The average Bonchev–Trinajstić information content (AvgIpc) is 3.11. The number of hydrogen-bond donors (Lipinski definition) is 0. The standard InChI is InChI=1S/C29H34O3SSi/c1-23-22-33(30)27(28(23)31-20-24-14-8-5-9-15-24)21-32-34(29(2,3)4,25-16-10-6-11-17-25)26-18-12-7-13-19-26/h5-19,27-28H,1,20-22H2,2-4H3/t27-,28+,33?/m1/s1. The molecular weight excluding hydrogens is 456 g/mol. The van der Waals surface area contributed by atoms with Crippen molar-refractivity contribution in [2.45, 2.75) is 43.8 Å². The fraction of sp³-hybridized carbons (Fsp3) is 0.310. The zero-order chi connectivity index (χ0) is 24.2. The normalized spacial score (nSPS) is 21.0. The molecule has 5 heteroatoms. The molecule has 1 saturated heterocycles. The third-order valence-corrected chi connectivity index (χ3v) is 13.3. The van der Waals surface area contributed by atoms with Gasteiger partial charge in [-0.1, -0.05) is 118 Å². The fourth-order valence-corrected chi connectivity index (χ4v) is 11.1. The van der Waals surface area contributed by atoms with Crippen LogP contribution in [0.15, 0.2) is 103 Å². The van der Waals surface area contributed by atoms with E-state index in [2.05, 4.69) is 75.9 Å². The van der Waals surface area contributed by atoms with E-state index in [0.717, 1.165) is 11.1 Å². The number of hydrogen-bond acceptors (Lipinski definition) is 3. The second-order valence-electron chi connectivity index (χ2n) is 9.91. The first-order valence-corrected chi connectivity index (χ1v) is 15.1. The van der Waals surface area contributed by atoms with Crippen LogP contribution in [-0.4, -0.2) is 36.2 Å². The van der Waals surface area contributed by atoms with Gasteiger partial charge in [-0.05, 0) is 26.5 Å². The van der Waals surface area contributed by atoms with Crippen molar-refractivity contribution in [2.75, 3.05) is 12.4 Å². The molecule has 0 spiro atoms. The highest BCUT2D eigenvalue weighted by Gasteiger charge is 2.51. The first kappa shape index (κ1) is 24.8. The molecule has 0 aromatic heterocycles. The van der Waals surface area contributed by atoms with Crippen molar-refractivity contribution in [1.29, 1.82) is 0 Å². The third-order valence-electron chi connectivity index (χ3n) is 6.56. The molecule has 3 aromatic carbocycles. The second kappa shape index (κ2) is 10.5. The van der Waals surface area contributed by atoms with Crippen LogP contribution >= 0.6 is 0 Å². The van der Waals surface area contributed by atoms with Gasteiger partial charge >= 0.3 is 0 Å². The molecule has 34 heavy (non-hydrogen) atoms. The molecule has 0 bridgehead atoms. The van der Waals surface area contributed by atoms with Gasteiger partial charge < -0.3 is 9.16 Å². The Morgan fingerprint density at radius 1 is 0.882 bits per heavy atom. The summed E-state index contributed by atoms with van der Waals surface area (Å²) in [5, 5.41) is 2.07. The molecule has 3 nitrogen and oxygen atoms in total. The van der Waals surface area contributed by atoms with E-state index in [1.165, 1.54) is 10.4 Å². The maximum atomic E-state index is 13.2. The van der Waals surface area contributed by atoms with Gasteiger partial charge in [-0.3, -0.25) is 4.21 Å². The van der Waals surface area contributed by atoms with Gasteiger partial charge in [0, 0.05) is 16.6 Å². The zero-order valence-corrected chi connectivity index (χ0v) is 22.1. The molecule has 0 amide bonds. The number of benzene rings is 3. The van der Waals surface area contributed by atoms with Gasteiger partial charge in [-0.15, -0.1) is 0 Å². The van der Waals surface area contributed by atoms with E-state index >= 15 is 0 Å². The van der Waals surface area contributed by atoms with Crippen molar-refractivity contribution < 1.29 is 13.4 Å². The smallest absolute Gasteiger partial charge is 0.261 e. The van der Waals surface area contributed by atoms with E-state index in [9.17, 15) is 4.21 Å². The monoisotopic (exact) mass is 490 g/mol. The summed E-state index contributed by atoms with van der Waals surface area (Å²) in [5.74, 6) is 0.466. The van der Waals surface area contributed by atoms with Gasteiger partial charge in [0.1, 0.15) is 0 Å². The molecule has 1 fully saturated rings. The molecule has 0 aliphatic carbocycles. The Hall–Kier alpha value is -2.31. The Labute approximate surface area is 207 Å². The first-order valence-electron chi connectivity index (χ1n) is 11.8. The van der Waals surface area contributed by atoms with Crippen LogP contribution in [0.1, 0.15) is 26.3 Å². The quantitative estimate of drug-likeness (QED) is 0.335. The second-order valence-corrected chi connectivity index (χ2v) is 15.9. The highest BCUT2D eigenvalue weighted by molar-refractivity contribution is 7.86. The molecular formula is C29H34O3SSi. The Bertz CT molecular complexity index is 1070. The molecule has 4 rings (SSSR count). The predicted octanol–water partition coefficient (Wildman–Crippen LogP) is 4.84. The molecule has 0 N–H and O–H groups in total. The Morgan fingerprint density at radius 3 is 1.88 bits per heavy atom. The summed E-state index contributed by atoms with van der Waals surface area (Å²) in [6.45, 7) is 11.8. The minimum absolute atomic E-state index is 0.132. The van der Waals surface area contributed by atoms with E-state index in [1.807, 2.05) is 42.5 Å². The lowest BCUT2D eigenvalue weighted by molar-refractivity contribution is 0.0565. The Balaban J connectivity index is 1.65. The van der Waals surface area contributed by atoms with Crippen LogP contribution in [0.5, 0.6) is 0 Å². The van der Waals surface area contributed by atoms with Crippen molar-refractivity contribution >= 4 is 29.5 Å². The summed E-state index contributed by atoms with van der Waals surface area (Å²) in [4.78, 5) is 0. The highest BCUT2D eigenvalue weighted by atomic mass is 32.2. The zero-order valence-electron chi connectivity index (χ0n) is 20.3. The molecule has 0 saturated carbocycles. The van der Waals surface area contributed by atoms with Crippen LogP contribution in [0.4, 0.5) is 0 Å². The molecule has 3 aromatic rings. The molecule has 1 unspecified atom stereocenters. The highest BCUT2D eigenvalue weighted by Crippen LogP contribution is 2.38. The number of ether oxygens (including phenoxy) is 1. The van der Waals surface area contributed by atoms with E-state index < -0.39 is 19.1 Å². The van der Waals surface area contributed by atoms with Crippen molar-refractivity contribution in [3.8, 4) is 0 Å². The van der Waals surface area contributed by atoms with Gasteiger partial charge in [0.2, 0.25) is 0 Å². The summed E-state index contributed by atoms with van der Waals surface area (Å²) in [6, 6.07) is 31.2. The predicted molar refractivity (Wildman–Crippen MR) is 145 cm³/mol. The largest absolute Gasteiger partial charge is 0.406 e. The minimum Gasteiger partial charge on any atom is -0.406 e. The molecule has 3 atom stereocenters. The fourth-order valence-electron chi connectivity index (χ4n) is 4.89. The first-order chi connectivity index (χ1) is 16.3. The lowest BCUT2D eigenvalue weighted by Crippen LogP contribution is -2.67. The Morgan fingerprint density at radius 2 is 1.38 bits per heavy atom. The summed E-state index contributed by atoms with van der Waals surface area (Å²) in [6.07, 6.45) is -0.278. The lowest BCUT2D eigenvalue weighted by atomic mass is 10.1. The van der Waals surface area contributed by atoms with Gasteiger partial charge in [0.05, 0.1) is 24.6 Å². The molecule has 1 aliphatic heterocycles. The van der Waals surface area contributed by atoms with Crippen LogP contribution in [0.2, 0.25) is 5.04 Å². The average molecular weight is 491 g/mol. The third kappa shape index (κ3) is 5.03. The van der Waals surface area contributed by atoms with Crippen molar-refractivity contribution in [1.82, 2.24) is 0 Å². The summed E-state index contributed by atoms with van der Waals surface area (Å²) in [7, 11) is -3.78. The van der Waals surface area contributed by atoms with Crippen LogP contribution in [-0.2, 0) is 26.6 Å². The van der Waals surface area contributed by atoms with Crippen LogP contribution in [0.3, 0.4) is 0 Å². The maximum absolute atomic E-state index is 13.2. The van der Waals surface area contributed by atoms with Crippen LogP contribution < -0.4 is 10.4 Å². The van der Waals surface area contributed by atoms with E-state index in [1.54, 1.807) is 0 Å². The number of rotatable bonds is 8. The van der Waals surface area contributed by atoms with Crippen LogP contribution in [0.25, 0.3) is 0 Å². The van der Waals surface area contributed by atoms with Crippen molar-refractivity contribution in [3.05, 3.63) is 109 Å². The topological polar surface area (TPSA) is 35.5 Å². The van der Waals surface area contributed by atoms with Gasteiger partial charge in [0.25, 0.3) is 8.32 Å². The summed E-state index contributed by atoms with van der Waals surface area (Å²) in [5.41, 5.74) is 1.99. The Kier molecular flexibility index (Phi) is 7.68. The SMILES string of the molecule is C=C1CS(=O)[C@H](CO[Si](c2ccccc2)(c2ccccc2)C(C)(C)C)[C@H]1OCc1ccccc1. The molecule has 178 valence electrons. The summed E-state index contributed by atoms with van der Waals surface area (Å²) >= 11 is 0. The van der Waals surface area contributed by atoms with Gasteiger partial charge in [-0.25, -0.2) is 0 Å². The molecule has 1 aliphatic rings. The summed E-state index contributed by atoms with van der Waals surface area (Å²) < 4.78 is 26.5. The minimum atomic E-state index is -2.70. The van der Waals surface area contributed by atoms with Crippen LogP contribution in [0, 0.1) is 0 Å². The van der Waals surface area contributed by atoms with E-state index in [-0.39, 0.29) is 16.4 Å². The van der Waals surface area contributed by atoms with Crippen molar-refractivity contribution in [2.24, 2.45) is 0 Å². The molecule has 1 heterocycles.